The SMILES string of the molecule is BrC1=C[C@H](Cc2ccccc2)ON1. The van der Waals surface area contributed by atoms with Crippen LogP contribution in [0.1, 0.15) is 5.56 Å². The zero-order chi connectivity index (χ0) is 9.10. The van der Waals surface area contributed by atoms with E-state index in [1.165, 1.54) is 5.56 Å². The fraction of sp³-hybridized carbons (Fsp3) is 0.200. The van der Waals surface area contributed by atoms with Crippen LogP contribution in [-0.4, -0.2) is 6.10 Å². The Hall–Kier alpha value is -0.800. The van der Waals surface area contributed by atoms with Gasteiger partial charge in [0.15, 0.2) is 0 Å². The highest BCUT2D eigenvalue weighted by molar-refractivity contribution is 9.11. The minimum Gasteiger partial charge on any atom is -0.268 e. The van der Waals surface area contributed by atoms with Crippen molar-refractivity contribution in [1.29, 1.82) is 0 Å². The van der Waals surface area contributed by atoms with Gasteiger partial charge >= 0.3 is 0 Å². The van der Waals surface area contributed by atoms with Crippen molar-refractivity contribution in [2.24, 2.45) is 0 Å². The molecular weight excluding hydrogens is 230 g/mol. The second-order valence-corrected chi connectivity index (χ2v) is 3.82. The number of rotatable bonds is 2. The maximum Gasteiger partial charge on any atom is 0.110 e. The molecule has 0 aliphatic carbocycles. The van der Waals surface area contributed by atoms with Crippen LogP contribution in [-0.2, 0) is 11.3 Å². The van der Waals surface area contributed by atoms with Crippen LogP contribution in [0.5, 0.6) is 0 Å². The second kappa shape index (κ2) is 3.94. The van der Waals surface area contributed by atoms with Gasteiger partial charge in [-0.2, -0.15) is 0 Å². The lowest BCUT2D eigenvalue weighted by Crippen LogP contribution is -2.13. The molecule has 1 heterocycles. The molecule has 1 N–H and O–H groups in total. The van der Waals surface area contributed by atoms with E-state index in [1.807, 2.05) is 24.3 Å². The lowest BCUT2D eigenvalue weighted by atomic mass is 10.1. The third-order valence-electron chi connectivity index (χ3n) is 1.92. The highest BCUT2D eigenvalue weighted by atomic mass is 79.9. The first-order chi connectivity index (χ1) is 6.34. The van der Waals surface area contributed by atoms with E-state index >= 15 is 0 Å². The summed E-state index contributed by atoms with van der Waals surface area (Å²) in [5, 5.41) is 0. The molecule has 1 aliphatic heterocycles. The summed E-state index contributed by atoms with van der Waals surface area (Å²) in [4.78, 5) is 5.28. The van der Waals surface area contributed by atoms with Crippen molar-refractivity contribution >= 4 is 15.9 Å². The molecule has 1 aromatic rings. The Kier molecular flexibility index (Phi) is 2.66. The first-order valence-electron chi connectivity index (χ1n) is 4.17. The van der Waals surface area contributed by atoms with Gasteiger partial charge in [-0.15, -0.1) is 0 Å². The molecule has 68 valence electrons. The summed E-state index contributed by atoms with van der Waals surface area (Å²) in [5.41, 5.74) is 4.05. The molecule has 3 heteroatoms. The highest BCUT2D eigenvalue weighted by Crippen LogP contribution is 2.15. The van der Waals surface area contributed by atoms with Crippen LogP contribution in [0.25, 0.3) is 0 Å². The standard InChI is InChI=1S/C10H10BrNO/c11-10-7-9(13-12-10)6-8-4-2-1-3-5-8/h1-5,7,9,12H,6H2/t9-/m0/s1. The van der Waals surface area contributed by atoms with Gasteiger partial charge < -0.3 is 0 Å². The zero-order valence-electron chi connectivity index (χ0n) is 7.03. The Morgan fingerprint density at radius 1 is 1.31 bits per heavy atom. The summed E-state index contributed by atoms with van der Waals surface area (Å²) in [5.74, 6) is 0. The van der Waals surface area contributed by atoms with Crippen molar-refractivity contribution in [2.45, 2.75) is 12.5 Å². The number of halogens is 1. The van der Waals surface area contributed by atoms with E-state index in [0.717, 1.165) is 11.0 Å². The lowest BCUT2D eigenvalue weighted by molar-refractivity contribution is 0.0467. The first kappa shape index (κ1) is 8.78. The van der Waals surface area contributed by atoms with Crippen LogP contribution in [0.3, 0.4) is 0 Å². The van der Waals surface area contributed by atoms with E-state index < -0.39 is 0 Å². The summed E-state index contributed by atoms with van der Waals surface area (Å²) < 4.78 is 0.911. The molecular formula is C10H10BrNO. The van der Waals surface area contributed by atoms with Gasteiger partial charge in [0.1, 0.15) is 10.7 Å². The average Bonchev–Trinajstić information content (AvgIpc) is 2.53. The molecule has 0 radical (unpaired) electrons. The van der Waals surface area contributed by atoms with Gasteiger partial charge in [-0.05, 0) is 27.6 Å². The highest BCUT2D eigenvalue weighted by Gasteiger charge is 2.14. The molecule has 0 spiro atoms. The van der Waals surface area contributed by atoms with E-state index in [1.54, 1.807) is 0 Å². The zero-order valence-corrected chi connectivity index (χ0v) is 8.62. The fourth-order valence-corrected chi connectivity index (χ4v) is 1.70. The van der Waals surface area contributed by atoms with E-state index in [9.17, 15) is 0 Å². The van der Waals surface area contributed by atoms with Crippen molar-refractivity contribution in [2.75, 3.05) is 0 Å². The number of benzene rings is 1. The lowest BCUT2D eigenvalue weighted by Gasteiger charge is -2.06. The summed E-state index contributed by atoms with van der Waals surface area (Å²) in [6.07, 6.45) is 3.06. The van der Waals surface area contributed by atoms with Crippen LogP contribution in [0, 0.1) is 0 Å². The van der Waals surface area contributed by atoms with Crippen LogP contribution >= 0.6 is 15.9 Å². The number of nitrogens with one attached hydrogen (secondary N) is 1. The van der Waals surface area contributed by atoms with Crippen molar-refractivity contribution in [3.63, 3.8) is 0 Å². The predicted octanol–water partition coefficient (Wildman–Crippen LogP) is 2.37. The summed E-state index contributed by atoms with van der Waals surface area (Å²) in [6.45, 7) is 0. The molecule has 1 atom stereocenters. The molecule has 0 saturated heterocycles. The Bertz CT molecular complexity index is 310. The Labute approximate surface area is 85.7 Å². The minimum absolute atomic E-state index is 0.136. The first-order valence-corrected chi connectivity index (χ1v) is 4.97. The molecule has 0 aromatic heterocycles. The average molecular weight is 240 g/mol. The molecule has 1 aromatic carbocycles. The van der Waals surface area contributed by atoms with E-state index in [-0.39, 0.29) is 6.10 Å². The summed E-state index contributed by atoms with van der Waals surface area (Å²) >= 11 is 3.32. The van der Waals surface area contributed by atoms with Gasteiger partial charge in [-0.1, -0.05) is 30.3 Å². The van der Waals surface area contributed by atoms with Crippen LogP contribution in [0.15, 0.2) is 41.0 Å². The molecule has 13 heavy (non-hydrogen) atoms. The van der Waals surface area contributed by atoms with Crippen LogP contribution < -0.4 is 5.48 Å². The van der Waals surface area contributed by atoms with E-state index in [4.69, 9.17) is 4.84 Å². The largest absolute Gasteiger partial charge is 0.268 e. The molecule has 1 aliphatic rings. The monoisotopic (exact) mass is 239 g/mol. The summed E-state index contributed by atoms with van der Waals surface area (Å²) in [7, 11) is 0. The van der Waals surface area contributed by atoms with E-state index in [2.05, 4.69) is 33.5 Å². The normalized spacial score (nSPS) is 21.0. The van der Waals surface area contributed by atoms with Crippen LogP contribution in [0.4, 0.5) is 0 Å². The van der Waals surface area contributed by atoms with Crippen LogP contribution in [0.2, 0.25) is 0 Å². The molecule has 2 nitrogen and oxygen atoms in total. The molecule has 0 saturated carbocycles. The van der Waals surface area contributed by atoms with E-state index in [0.29, 0.717) is 0 Å². The third-order valence-corrected chi connectivity index (χ3v) is 2.35. The smallest absolute Gasteiger partial charge is 0.110 e. The minimum atomic E-state index is 0.136. The molecule has 0 fully saturated rings. The Balaban J connectivity index is 2.00. The number of hydrogen-bond donors (Lipinski definition) is 1. The fourth-order valence-electron chi connectivity index (χ4n) is 1.31. The third kappa shape index (κ3) is 2.32. The Morgan fingerprint density at radius 3 is 2.69 bits per heavy atom. The molecule has 0 bridgehead atoms. The van der Waals surface area contributed by atoms with Crippen molar-refractivity contribution < 1.29 is 4.84 Å². The van der Waals surface area contributed by atoms with Gasteiger partial charge in [0, 0.05) is 6.42 Å². The van der Waals surface area contributed by atoms with Gasteiger partial charge in [0.05, 0.1) is 0 Å². The molecule has 0 unspecified atom stereocenters. The Morgan fingerprint density at radius 2 is 2.08 bits per heavy atom. The van der Waals surface area contributed by atoms with Gasteiger partial charge in [-0.3, -0.25) is 10.3 Å². The quantitative estimate of drug-likeness (QED) is 0.801. The number of hydrogen-bond acceptors (Lipinski definition) is 2. The predicted molar refractivity (Wildman–Crippen MR) is 55.2 cm³/mol. The van der Waals surface area contributed by atoms with Crippen molar-refractivity contribution in [3.8, 4) is 0 Å². The topological polar surface area (TPSA) is 21.3 Å². The van der Waals surface area contributed by atoms with Gasteiger partial charge in [0.25, 0.3) is 0 Å². The maximum absolute atomic E-state index is 5.28. The van der Waals surface area contributed by atoms with Crippen molar-refractivity contribution in [3.05, 3.63) is 46.6 Å². The second-order valence-electron chi connectivity index (χ2n) is 2.96. The van der Waals surface area contributed by atoms with Gasteiger partial charge in [0.2, 0.25) is 0 Å². The maximum atomic E-state index is 5.28. The van der Waals surface area contributed by atoms with Crippen molar-refractivity contribution in [1.82, 2.24) is 5.48 Å². The number of hydroxylamine groups is 1. The van der Waals surface area contributed by atoms with Gasteiger partial charge in [-0.25, -0.2) is 0 Å². The summed E-state index contributed by atoms with van der Waals surface area (Å²) in [6, 6.07) is 10.3. The molecule has 0 amide bonds. The molecule has 2 rings (SSSR count).